The summed E-state index contributed by atoms with van der Waals surface area (Å²) in [4.78, 5) is 53.8. The Balaban J connectivity index is 1.55. The van der Waals surface area contributed by atoms with E-state index in [1.807, 2.05) is 0 Å². The molecule has 31 heavy (non-hydrogen) atoms. The summed E-state index contributed by atoms with van der Waals surface area (Å²) in [6, 6.07) is 0. The van der Waals surface area contributed by atoms with E-state index in [9.17, 15) is 0 Å². The summed E-state index contributed by atoms with van der Waals surface area (Å²) in [5, 5.41) is 0. The molecule has 0 bridgehead atoms. The molecule has 0 saturated heterocycles. The highest BCUT2D eigenvalue weighted by molar-refractivity contribution is 6.33. The van der Waals surface area contributed by atoms with Crippen LogP contribution in [0.3, 0.4) is 0 Å². The van der Waals surface area contributed by atoms with Crippen molar-refractivity contribution in [1.29, 1.82) is 0 Å². The smallest absolute Gasteiger partial charge is 0.243 e. The van der Waals surface area contributed by atoms with Crippen LogP contribution in [0.1, 0.15) is 17.1 Å². The van der Waals surface area contributed by atoms with Crippen LogP contribution in [0.2, 0.25) is 0 Å². The summed E-state index contributed by atoms with van der Waals surface area (Å²) in [6.45, 7) is 0. The van der Waals surface area contributed by atoms with E-state index in [4.69, 9.17) is 0 Å². The third-order valence-electron chi connectivity index (χ3n) is 4.21. The molecule has 0 saturated carbocycles. The van der Waals surface area contributed by atoms with Gasteiger partial charge in [-0.1, -0.05) is 0 Å². The number of aromatic nitrogens is 6. The van der Waals surface area contributed by atoms with Crippen molar-refractivity contribution in [2.45, 2.75) is 0 Å². The molecule has 6 rings (SSSR count). The zero-order chi connectivity index (χ0) is 20.6. The van der Waals surface area contributed by atoms with Crippen LogP contribution in [-0.4, -0.2) is 70.2 Å². The predicted molar refractivity (Wildman–Crippen MR) is 110 cm³/mol. The molecule has 0 aliphatic carbocycles. The fourth-order valence-electron chi connectivity index (χ4n) is 2.87. The minimum absolute atomic E-state index is 0.280. The predicted octanol–water partition coefficient (Wildman–Crippen LogP) is 0.108. The topological polar surface area (TPSA) is 155 Å². The van der Waals surface area contributed by atoms with E-state index < -0.39 is 0 Å². The van der Waals surface area contributed by atoms with Gasteiger partial charge >= 0.3 is 0 Å². The molecule has 3 aromatic heterocycles. The molecule has 13 heteroatoms. The Bertz CT molecular complexity index is 1190. The summed E-state index contributed by atoms with van der Waals surface area (Å²) in [6.07, 6.45) is 14.1. The molecule has 13 nitrogen and oxygen atoms in total. The molecule has 0 amide bonds. The highest BCUT2D eigenvalue weighted by Crippen LogP contribution is 2.20. The Labute approximate surface area is 173 Å². The summed E-state index contributed by atoms with van der Waals surface area (Å²) >= 11 is 0. The van der Waals surface area contributed by atoms with Gasteiger partial charge in [0.1, 0.15) is 17.1 Å². The lowest BCUT2D eigenvalue weighted by Gasteiger charge is -2.29. The van der Waals surface area contributed by atoms with Crippen LogP contribution < -0.4 is 0 Å². The Kier molecular flexibility index (Phi) is 3.74. The van der Waals surface area contributed by atoms with Gasteiger partial charge < -0.3 is 0 Å². The van der Waals surface area contributed by atoms with Gasteiger partial charge in [-0.15, -0.1) is 0 Å². The molecule has 0 aromatic carbocycles. The van der Waals surface area contributed by atoms with Crippen molar-refractivity contribution in [3.63, 3.8) is 0 Å². The van der Waals surface area contributed by atoms with Crippen molar-refractivity contribution < 1.29 is 0 Å². The molecule has 3 aliphatic heterocycles. The van der Waals surface area contributed by atoms with E-state index in [1.165, 1.54) is 0 Å². The van der Waals surface area contributed by atoms with E-state index >= 15 is 0 Å². The van der Waals surface area contributed by atoms with Gasteiger partial charge in [0.05, 0.1) is 18.6 Å². The molecule has 146 valence electrons. The maximum atomic E-state index is 4.53. The van der Waals surface area contributed by atoms with E-state index in [-0.39, 0.29) is 17.9 Å². The lowest BCUT2D eigenvalue weighted by atomic mass is 10.3. The van der Waals surface area contributed by atoms with Gasteiger partial charge in [-0.3, -0.25) is 15.0 Å². The van der Waals surface area contributed by atoms with Crippen LogP contribution in [0.4, 0.5) is 0 Å². The molecular formula is C18H9N13. The van der Waals surface area contributed by atoms with Gasteiger partial charge in [0.15, 0.2) is 17.5 Å². The zero-order valence-corrected chi connectivity index (χ0v) is 15.5. The van der Waals surface area contributed by atoms with Crippen LogP contribution in [0.5, 0.6) is 0 Å². The SMILES string of the molecule is c1cnc(C2=NC3=NC(c4cnccn4)=NC4=NC(c5cnccn5)=NC(=N2)N34)cn1. The van der Waals surface area contributed by atoms with Gasteiger partial charge in [0, 0.05) is 37.2 Å². The second kappa shape index (κ2) is 6.84. The average molecular weight is 407 g/mol. The van der Waals surface area contributed by atoms with Crippen molar-refractivity contribution >= 4 is 35.4 Å². The van der Waals surface area contributed by atoms with E-state index in [2.05, 4.69) is 59.9 Å². The highest BCUT2D eigenvalue weighted by Gasteiger charge is 2.36. The Morgan fingerprint density at radius 1 is 0.419 bits per heavy atom. The van der Waals surface area contributed by atoms with Crippen molar-refractivity contribution in [3.8, 4) is 0 Å². The minimum atomic E-state index is 0.280. The molecule has 0 atom stereocenters. The zero-order valence-electron chi connectivity index (χ0n) is 15.5. The van der Waals surface area contributed by atoms with Gasteiger partial charge in [0.2, 0.25) is 17.9 Å². The standard InChI is InChI=1S/C18H9N13/c1-4-22-10(7-19-1)13-25-16-27-14(11-8-20-2-5-23-11)29-18-30-15(12-9-21-3-6-24-12)28-17(26-13)31(16)18/h1-9H. The summed E-state index contributed by atoms with van der Waals surface area (Å²) in [5.41, 5.74) is 1.42. The first-order valence-corrected chi connectivity index (χ1v) is 8.96. The van der Waals surface area contributed by atoms with E-state index in [1.54, 1.807) is 60.7 Å². The summed E-state index contributed by atoms with van der Waals surface area (Å²) in [5.74, 6) is 1.76. The molecule has 0 fully saturated rings. The Morgan fingerprint density at radius 2 is 0.774 bits per heavy atom. The molecule has 3 aliphatic rings. The lowest BCUT2D eigenvalue weighted by molar-refractivity contribution is 0.825. The maximum absolute atomic E-state index is 4.53. The molecule has 0 radical (unpaired) electrons. The van der Waals surface area contributed by atoms with Crippen LogP contribution >= 0.6 is 0 Å². The van der Waals surface area contributed by atoms with E-state index in [0.29, 0.717) is 34.6 Å². The quantitative estimate of drug-likeness (QED) is 0.596. The molecule has 0 unspecified atom stereocenters. The van der Waals surface area contributed by atoms with Gasteiger partial charge in [-0.05, 0) is 0 Å². The third-order valence-corrected chi connectivity index (χ3v) is 4.21. The minimum Gasteiger partial charge on any atom is -0.261 e. The number of aliphatic imine (C=N–C) groups is 6. The number of hydrogen-bond acceptors (Lipinski definition) is 13. The first-order valence-electron chi connectivity index (χ1n) is 8.96. The fraction of sp³-hybridized carbons (Fsp3) is 0. The first-order chi connectivity index (χ1) is 15.3. The van der Waals surface area contributed by atoms with Crippen LogP contribution in [0.15, 0.2) is 85.7 Å². The van der Waals surface area contributed by atoms with Crippen molar-refractivity contribution in [2.24, 2.45) is 30.0 Å². The maximum Gasteiger partial charge on any atom is 0.243 e. The summed E-state index contributed by atoms with van der Waals surface area (Å²) < 4.78 is 0. The number of guanidine groups is 3. The molecule has 6 heterocycles. The van der Waals surface area contributed by atoms with Crippen LogP contribution in [-0.2, 0) is 0 Å². The second-order valence-corrected chi connectivity index (χ2v) is 6.15. The largest absolute Gasteiger partial charge is 0.261 e. The second-order valence-electron chi connectivity index (χ2n) is 6.15. The van der Waals surface area contributed by atoms with Gasteiger partial charge in [-0.25, -0.2) is 19.9 Å². The van der Waals surface area contributed by atoms with Crippen LogP contribution in [0, 0.1) is 0 Å². The van der Waals surface area contributed by atoms with Crippen LogP contribution in [0.25, 0.3) is 0 Å². The lowest BCUT2D eigenvalue weighted by Crippen LogP contribution is -2.48. The summed E-state index contributed by atoms with van der Waals surface area (Å²) in [7, 11) is 0. The first kappa shape index (κ1) is 17.0. The average Bonchev–Trinajstić information content (AvgIpc) is 2.85. The molecule has 0 N–H and O–H groups in total. The molecule has 3 aromatic rings. The Hall–Kier alpha value is -4.94. The number of amidine groups is 3. The monoisotopic (exact) mass is 407 g/mol. The van der Waals surface area contributed by atoms with Crippen molar-refractivity contribution in [2.75, 3.05) is 0 Å². The fourth-order valence-corrected chi connectivity index (χ4v) is 2.87. The molecular weight excluding hydrogens is 398 g/mol. The third kappa shape index (κ3) is 2.96. The van der Waals surface area contributed by atoms with Crippen molar-refractivity contribution in [3.05, 3.63) is 72.9 Å². The van der Waals surface area contributed by atoms with Crippen molar-refractivity contribution in [1.82, 2.24) is 34.8 Å². The van der Waals surface area contributed by atoms with Gasteiger partial charge in [-0.2, -0.15) is 30.0 Å². The Morgan fingerprint density at radius 3 is 1.06 bits per heavy atom. The number of nitrogens with zero attached hydrogens (tertiary/aromatic N) is 13. The highest BCUT2D eigenvalue weighted by atomic mass is 15.5. The van der Waals surface area contributed by atoms with Gasteiger partial charge in [0.25, 0.3) is 0 Å². The normalized spacial score (nSPS) is 16.8. The number of hydrogen-bond donors (Lipinski definition) is 0. The number of rotatable bonds is 3. The molecule has 0 spiro atoms. The van der Waals surface area contributed by atoms with E-state index in [0.717, 1.165) is 0 Å².